The minimum absolute atomic E-state index is 0.0834. The van der Waals surface area contributed by atoms with Gasteiger partial charge in [0.15, 0.2) is 0 Å². The van der Waals surface area contributed by atoms with Crippen LogP contribution in [0.2, 0.25) is 5.02 Å². The number of ether oxygens (including phenoxy) is 1. The van der Waals surface area contributed by atoms with Crippen LogP contribution in [0.15, 0.2) is 51.8 Å². The maximum atomic E-state index is 12.6. The third-order valence-electron chi connectivity index (χ3n) is 3.98. The predicted octanol–water partition coefficient (Wildman–Crippen LogP) is 4.56. The van der Waals surface area contributed by atoms with Gasteiger partial charge >= 0.3 is 5.97 Å². The molecule has 0 saturated carbocycles. The smallest absolute Gasteiger partial charge is 0.339 e. The van der Waals surface area contributed by atoms with Crippen LogP contribution in [0.3, 0.4) is 0 Å². The molecule has 1 N–H and O–H groups in total. The molecule has 1 fully saturated rings. The van der Waals surface area contributed by atoms with Gasteiger partial charge in [-0.1, -0.05) is 39.7 Å². The van der Waals surface area contributed by atoms with Gasteiger partial charge in [-0.05, 0) is 53.7 Å². The van der Waals surface area contributed by atoms with Gasteiger partial charge in [-0.2, -0.15) is 0 Å². The summed E-state index contributed by atoms with van der Waals surface area (Å²) in [6.45, 7) is -0.462. The summed E-state index contributed by atoms with van der Waals surface area (Å²) in [6.07, 6.45) is 1.59. The van der Waals surface area contributed by atoms with Crippen LogP contribution in [0.25, 0.3) is 6.08 Å². The second-order valence-corrected chi connectivity index (χ2v) is 8.37. The zero-order valence-electron chi connectivity index (χ0n) is 15.5. The minimum Gasteiger partial charge on any atom is -0.465 e. The van der Waals surface area contributed by atoms with Gasteiger partial charge < -0.3 is 10.1 Å². The molecule has 2 aromatic carbocycles. The molecule has 0 bridgehead atoms. The molecule has 0 aromatic heterocycles. The summed E-state index contributed by atoms with van der Waals surface area (Å²) in [5.41, 5.74) is 1.11. The number of thioether (sulfide) groups is 1. The van der Waals surface area contributed by atoms with Crippen molar-refractivity contribution in [3.05, 3.63) is 68.0 Å². The van der Waals surface area contributed by atoms with Crippen LogP contribution < -0.4 is 5.32 Å². The fourth-order valence-corrected chi connectivity index (χ4v) is 4.05. The summed E-state index contributed by atoms with van der Waals surface area (Å²) >= 11 is 10.1. The maximum absolute atomic E-state index is 12.6. The van der Waals surface area contributed by atoms with E-state index < -0.39 is 29.6 Å². The fraction of sp³-hybridized carbons (Fsp3) is 0.100. The normalized spacial score (nSPS) is 14.9. The van der Waals surface area contributed by atoms with Gasteiger partial charge in [0.05, 0.1) is 22.6 Å². The maximum Gasteiger partial charge on any atom is 0.339 e. The lowest BCUT2D eigenvalue weighted by Gasteiger charge is -2.13. The SMILES string of the molecule is COC(=O)c1cc(NC(=O)CN2C(=O)S/C(=C/c3cccc(Br)c3)C2=O)ccc1Cl. The van der Waals surface area contributed by atoms with Crippen molar-refractivity contribution in [2.24, 2.45) is 0 Å². The Morgan fingerprint density at radius 3 is 2.70 bits per heavy atom. The molecule has 3 rings (SSSR count). The first-order valence-corrected chi connectivity index (χ1v) is 10.5. The first-order chi connectivity index (χ1) is 14.3. The molecule has 0 spiro atoms. The number of imide groups is 1. The van der Waals surface area contributed by atoms with E-state index in [4.69, 9.17) is 11.6 Å². The van der Waals surface area contributed by atoms with E-state index >= 15 is 0 Å². The third kappa shape index (κ3) is 5.10. The number of nitrogens with zero attached hydrogens (tertiary/aromatic N) is 1. The highest BCUT2D eigenvalue weighted by Gasteiger charge is 2.36. The number of methoxy groups -OCH3 is 1. The number of benzene rings is 2. The highest BCUT2D eigenvalue weighted by Crippen LogP contribution is 2.32. The van der Waals surface area contributed by atoms with Crippen molar-refractivity contribution in [1.82, 2.24) is 4.90 Å². The quantitative estimate of drug-likeness (QED) is 0.469. The number of amides is 3. The van der Waals surface area contributed by atoms with Gasteiger partial charge in [0.1, 0.15) is 6.54 Å². The lowest BCUT2D eigenvalue weighted by atomic mass is 10.2. The van der Waals surface area contributed by atoms with E-state index in [1.165, 1.54) is 25.3 Å². The van der Waals surface area contributed by atoms with E-state index in [0.717, 1.165) is 26.7 Å². The Morgan fingerprint density at radius 1 is 1.23 bits per heavy atom. The Bertz CT molecular complexity index is 1090. The van der Waals surface area contributed by atoms with Gasteiger partial charge in [-0.15, -0.1) is 0 Å². The Morgan fingerprint density at radius 2 is 2.00 bits per heavy atom. The third-order valence-corrected chi connectivity index (χ3v) is 5.71. The minimum atomic E-state index is -0.653. The molecule has 154 valence electrons. The predicted molar refractivity (Wildman–Crippen MR) is 118 cm³/mol. The van der Waals surface area contributed by atoms with Crippen molar-refractivity contribution >= 4 is 74.1 Å². The molecule has 1 aliphatic heterocycles. The Labute approximate surface area is 189 Å². The van der Waals surface area contributed by atoms with Crippen LogP contribution in [-0.4, -0.2) is 41.6 Å². The van der Waals surface area contributed by atoms with Crippen molar-refractivity contribution in [2.75, 3.05) is 19.0 Å². The molecular weight excluding hydrogens is 496 g/mol. The molecule has 1 saturated heterocycles. The van der Waals surface area contributed by atoms with E-state index in [1.807, 2.05) is 12.1 Å². The van der Waals surface area contributed by atoms with E-state index in [0.29, 0.717) is 0 Å². The number of hydrogen-bond donors (Lipinski definition) is 1. The standard InChI is InChI=1S/C20H14BrClN2O5S/c1-29-19(27)14-9-13(5-6-15(14)22)23-17(25)10-24-18(26)16(30-20(24)28)8-11-3-2-4-12(21)7-11/h2-9H,10H2,1H3,(H,23,25)/b16-8+. The number of nitrogens with one attached hydrogen (secondary N) is 1. The van der Waals surface area contributed by atoms with Crippen LogP contribution in [0.1, 0.15) is 15.9 Å². The molecule has 0 unspecified atom stereocenters. The molecule has 7 nitrogen and oxygen atoms in total. The van der Waals surface area contributed by atoms with E-state index in [2.05, 4.69) is 26.0 Å². The van der Waals surface area contributed by atoms with Gasteiger partial charge in [0, 0.05) is 10.2 Å². The van der Waals surface area contributed by atoms with E-state index in [9.17, 15) is 19.2 Å². The molecular formula is C20H14BrClN2O5S. The molecule has 10 heteroatoms. The lowest BCUT2D eigenvalue weighted by Crippen LogP contribution is -2.36. The molecule has 0 aliphatic carbocycles. The highest BCUT2D eigenvalue weighted by atomic mass is 79.9. The summed E-state index contributed by atoms with van der Waals surface area (Å²) in [5, 5.41) is 2.17. The molecule has 30 heavy (non-hydrogen) atoms. The van der Waals surface area contributed by atoms with Gasteiger partial charge in [-0.25, -0.2) is 4.79 Å². The van der Waals surface area contributed by atoms with Crippen molar-refractivity contribution < 1.29 is 23.9 Å². The number of hydrogen-bond acceptors (Lipinski definition) is 6. The average Bonchev–Trinajstić information content (AvgIpc) is 2.96. The topological polar surface area (TPSA) is 92.8 Å². The molecule has 2 aromatic rings. The number of halogens is 2. The molecule has 0 radical (unpaired) electrons. The van der Waals surface area contributed by atoms with Crippen molar-refractivity contribution in [2.45, 2.75) is 0 Å². The summed E-state index contributed by atoms with van der Waals surface area (Å²) < 4.78 is 5.47. The Kier molecular flexibility index (Phi) is 6.96. The van der Waals surface area contributed by atoms with Crippen molar-refractivity contribution in [1.29, 1.82) is 0 Å². The second kappa shape index (κ2) is 9.46. The molecule has 0 atom stereocenters. The second-order valence-electron chi connectivity index (χ2n) is 6.06. The average molecular weight is 510 g/mol. The Hall–Kier alpha value is -2.62. The number of esters is 1. The van der Waals surface area contributed by atoms with Gasteiger partial charge in [0.25, 0.3) is 11.1 Å². The zero-order chi connectivity index (χ0) is 21.8. The number of anilines is 1. The van der Waals surface area contributed by atoms with Gasteiger partial charge in [0.2, 0.25) is 5.91 Å². The van der Waals surface area contributed by atoms with E-state index in [1.54, 1.807) is 18.2 Å². The Balaban J connectivity index is 1.70. The summed E-state index contributed by atoms with van der Waals surface area (Å²) in [4.78, 5) is 50.0. The molecule has 1 heterocycles. The van der Waals surface area contributed by atoms with Crippen LogP contribution >= 0.6 is 39.3 Å². The summed E-state index contributed by atoms with van der Waals surface area (Å²) in [7, 11) is 1.21. The first-order valence-electron chi connectivity index (χ1n) is 8.47. The lowest BCUT2D eigenvalue weighted by molar-refractivity contribution is -0.127. The highest BCUT2D eigenvalue weighted by molar-refractivity contribution is 9.10. The number of rotatable bonds is 5. The van der Waals surface area contributed by atoms with Crippen LogP contribution in [-0.2, 0) is 14.3 Å². The van der Waals surface area contributed by atoms with Gasteiger partial charge in [-0.3, -0.25) is 19.3 Å². The summed E-state index contributed by atoms with van der Waals surface area (Å²) in [6, 6.07) is 11.5. The number of carbonyl (C=O) groups is 4. The zero-order valence-corrected chi connectivity index (χ0v) is 18.6. The first kappa shape index (κ1) is 22.1. The van der Waals surface area contributed by atoms with Crippen LogP contribution in [0.5, 0.6) is 0 Å². The van der Waals surface area contributed by atoms with Crippen molar-refractivity contribution in [3.63, 3.8) is 0 Å². The van der Waals surface area contributed by atoms with Crippen LogP contribution in [0.4, 0.5) is 10.5 Å². The van der Waals surface area contributed by atoms with E-state index in [-0.39, 0.29) is 21.2 Å². The molecule has 1 aliphatic rings. The van der Waals surface area contributed by atoms with Crippen molar-refractivity contribution in [3.8, 4) is 0 Å². The largest absolute Gasteiger partial charge is 0.465 e. The number of carbonyl (C=O) groups excluding carboxylic acids is 4. The fourth-order valence-electron chi connectivity index (χ4n) is 2.60. The van der Waals surface area contributed by atoms with Crippen LogP contribution in [0, 0.1) is 0 Å². The monoisotopic (exact) mass is 508 g/mol. The summed E-state index contributed by atoms with van der Waals surface area (Å²) in [5.74, 6) is -1.80. The molecule has 3 amide bonds.